The van der Waals surface area contributed by atoms with Gasteiger partial charge < -0.3 is 4.43 Å². The van der Waals surface area contributed by atoms with Crippen molar-refractivity contribution in [2.24, 2.45) is 0 Å². The van der Waals surface area contributed by atoms with Gasteiger partial charge in [-0.15, -0.1) is 0 Å². The first-order valence-corrected chi connectivity index (χ1v) is 7.45. The fraction of sp³-hybridized carbons (Fsp3) is 1.00. The third kappa shape index (κ3) is 2.90. The Morgan fingerprint density at radius 3 is 2.67 bits per heavy atom. The summed E-state index contributed by atoms with van der Waals surface area (Å²) in [6.07, 6.45) is 6.85. The van der Waals surface area contributed by atoms with Crippen molar-refractivity contribution >= 4 is 9.04 Å². The summed E-state index contributed by atoms with van der Waals surface area (Å²) in [5.74, 6) is 0. The molecule has 72 valence electrons. The van der Waals surface area contributed by atoms with Gasteiger partial charge >= 0.3 is 0 Å². The minimum atomic E-state index is -0.759. The van der Waals surface area contributed by atoms with E-state index in [1.54, 1.807) is 0 Å². The highest BCUT2D eigenvalue weighted by atomic mass is 28.3. The van der Waals surface area contributed by atoms with Gasteiger partial charge in [-0.05, 0) is 18.0 Å². The van der Waals surface area contributed by atoms with E-state index in [4.69, 9.17) is 4.43 Å². The van der Waals surface area contributed by atoms with E-state index in [1.807, 2.05) is 0 Å². The van der Waals surface area contributed by atoms with Crippen LogP contribution < -0.4 is 0 Å². The molecule has 0 amide bonds. The van der Waals surface area contributed by atoms with E-state index < -0.39 is 9.04 Å². The zero-order chi connectivity index (χ0) is 8.81. The highest BCUT2D eigenvalue weighted by molar-refractivity contribution is 6.53. The van der Waals surface area contributed by atoms with Crippen molar-refractivity contribution in [2.75, 3.05) is 6.61 Å². The molecular formula is C10H22OSi. The first-order chi connectivity index (χ1) is 5.88. The lowest BCUT2D eigenvalue weighted by Crippen LogP contribution is -2.28. The minimum Gasteiger partial charge on any atom is -0.420 e. The van der Waals surface area contributed by atoms with Gasteiger partial charge in [0.2, 0.25) is 0 Å². The topological polar surface area (TPSA) is 9.23 Å². The molecule has 1 aliphatic rings. The lowest BCUT2D eigenvalue weighted by molar-refractivity contribution is 0.276. The lowest BCUT2D eigenvalue weighted by atomic mass is 10.2. The van der Waals surface area contributed by atoms with E-state index in [2.05, 4.69) is 13.8 Å². The monoisotopic (exact) mass is 186 g/mol. The van der Waals surface area contributed by atoms with Gasteiger partial charge in [-0.25, -0.2) is 0 Å². The first kappa shape index (κ1) is 10.3. The number of hydrogen-bond acceptors (Lipinski definition) is 1. The molecule has 0 aromatic rings. The van der Waals surface area contributed by atoms with Crippen molar-refractivity contribution in [2.45, 2.75) is 57.5 Å². The molecule has 0 saturated carbocycles. The van der Waals surface area contributed by atoms with Crippen molar-refractivity contribution in [1.29, 1.82) is 0 Å². The SMILES string of the molecule is CCCC(CC)[SiH]1CCCCO1. The van der Waals surface area contributed by atoms with E-state index in [0.717, 1.165) is 12.1 Å². The second kappa shape index (κ2) is 5.76. The number of hydrogen-bond donors (Lipinski definition) is 0. The van der Waals surface area contributed by atoms with Crippen LogP contribution in [0.1, 0.15) is 46.0 Å². The highest BCUT2D eigenvalue weighted by Gasteiger charge is 2.24. The molecule has 1 aliphatic heterocycles. The van der Waals surface area contributed by atoms with E-state index >= 15 is 0 Å². The fourth-order valence-electron chi connectivity index (χ4n) is 2.16. The molecule has 1 heterocycles. The van der Waals surface area contributed by atoms with Gasteiger partial charge in [0.1, 0.15) is 0 Å². The Morgan fingerprint density at radius 1 is 1.33 bits per heavy atom. The van der Waals surface area contributed by atoms with E-state index in [1.165, 1.54) is 38.1 Å². The molecule has 1 rings (SSSR count). The molecule has 2 unspecified atom stereocenters. The summed E-state index contributed by atoms with van der Waals surface area (Å²) >= 11 is 0. The van der Waals surface area contributed by atoms with Crippen LogP contribution in [-0.4, -0.2) is 15.6 Å². The average molecular weight is 186 g/mol. The smallest absolute Gasteiger partial charge is 0.179 e. The molecule has 0 spiro atoms. The van der Waals surface area contributed by atoms with Gasteiger partial charge in [0, 0.05) is 6.61 Å². The Labute approximate surface area is 78.2 Å². The maximum atomic E-state index is 5.92. The summed E-state index contributed by atoms with van der Waals surface area (Å²) in [4.78, 5) is 0. The predicted octanol–water partition coefficient (Wildman–Crippen LogP) is 3.10. The zero-order valence-corrected chi connectivity index (χ0v) is 9.67. The average Bonchev–Trinajstić information content (AvgIpc) is 2.15. The highest BCUT2D eigenvalue weighted by Crippen LogP contribution is 2.28. The lowest BCUT2D eigenvalue weighted by Gasteiger charge is -2.28. The summed E-state index contributed by atoms with van der Waals surface area (Å²) < 4.78 is 5.92. The molecule has 1 nitrogen and oxygen atoms in total. The van der Waals surface area contributed by atoms with Crippen LogP contribution in [0, 0.1) is 0 Å². The van der Waals surface area contributed by atoms with Crippen LogP contribution in [0.5, 0.6) is 0 Å². The van der Waals surface area contributed by atoms with E-state index in [-0.39, 0.29) is 0 Å². The summed E-state index contributed by atoms with van der Waals surface area (Å²) in [5, 5.41) is 0. The standard InChI is InChI=1S/C10H22OSi/c1-3-7-10(4-2)12-9-6-5-8-11-12/h10,12H,3-9H2,1-2H3. The van der Waals surface area contributed by atoms with Crippen molar-refractivity contribution in [1.82, 2.24) is 0 Å². The van der Waals surface area contributed by atoms with Crippen LogP contribution in [0.4, 0.5) is 0 Å². The largest absolute Gasteiger partial charge is 0.420 e. The van der Waals surface area contributed by atoms with Crippen LogP contribution in [0.15, 0.2) is 0 Å². The van der Waals surface area contributed by atoms with Crippen molar-refractivity contribution in [3.63, 3.8) is 0 Å². The quantitative estimate of drug-likeness (QED) is 0.613. The third-order valence-electron chi connectivity index (χ3n) is 2.92. The van der Waals surface area contributed by atoms with Crippen LogP contribution >= 0.6 is 0 Å². The van der Waals surface area contributed by atoms with Crippen molar-refractivity contribution < 1.29 is 4.43 Å². The first-order valence-electron chi connectivity index (χ1n) is 5.50. The third-order valence-corrected chi connectivity index (χ3v) is 6.42. The van der Waals surface area contributed by atoms with Crippen LogP contribution in [0.3, 0.4) is 0 Å². The van der Waals surface area contributed by atoms with Crippen LogP contribution in [0.25, 0.3) is 0 Å². The Morgan fingerprint density at radius 2 is 2.17 bits per heavy atom. The van der Waals surface area contributed by atoms with Gasteiger partial charge in [0.15, 0.2) is 9.04 Å². The molecule has 0 aromatic carbocycles. The maximum Gasteiger partial charge on any atom is 0.179 e. The van der Waals surface area contributed by atoms with Crippen LogP contribution in [-0.2, 0) is 4.43 Å². The van der Waals surface area contributed by atoms with E-state index in [9.17, 15) is 0 Å². The molecule has 12 heavy (non-hydrogen) atoms. The Kier molecular flexibility index (Phi) is 4.92. The summed E-state index contributed by atoms with van der Waals surface area (Å²) in [6, 6.07) is 1.44. The molecule has 2 atom stereocenters. The zero-order valence-electron chi connectivity index (χ0n) is 8.51. The number of rotatable bonds is 4. The summed E-state index contributed by atoms with van der Waals surface area (Å²) in [7, 11) is -0.759. The molecular weight excluding hydrogens is 164 g/mol. The van der Waals surface area contributed by atoms with Gasteiger partial charge in [-0.3, -0.25) is 0 Å². The normalized spacial score (nSPS) is 27.0. The van der Waals surface area contributed by atoms with Gasteiger partial charge in [-0.1, -0.05) is 39.5 Å². The van der Waals surface area contributed by atoms with Gasteiger partial charge in [-0.2, -0.15) is 0 Å². The Balaban J connectivity index is 2.29. The molecule has 0 aliphatic carbocycles. The molecule has 2 heteroatoms. The van der Waals surface area contributed by atoms with Gasteiger partial charge in [0.25, 0.3) is 0 Å². The van der Waals surface area contributed by atoms with Gasteiger partial charge in [0.05, 0.1) is 0 Å². The Bertz CT molecular complexity index is 108. The summed E-state index contributed by atoms with van der Waals surface area (Å²) in [6.45, 7) is 5.68. The molecule has 0 radical (unpaired) electrons. The van der Waals surface area contributed by atoms with Crippen LogP contribution in [0.2, 0.25) is 11.6 Å². The maximum absolute atomic E-state index is 5.92. The molecule has 1 fully saturated rings. The van der Waals surface area contributed by atoms with Crippen molar-refractivity contribution in [3.8, 4) is 0 Å². The molecule has 0 N–H and O–H groups in total. The second-order valence-electron chi connectivity index (χ2n) is 3.86. The Hall–Kier alpha value is 0.177. The minimum absolute atomic E-state index is 0.759. The second-order valence-corrected chi connectivity index (χ2v) is 6.79. The van der Waals surface area contributed by atoms with E-state index in [0.29, 0.717) is 0 Å². The molecule has 1 saturated heterocycles. The predicted molar refractivity (Wildman–Crippen MR) is 56.1 cm³/mol. The molecule has 0 aromatic heterocycles. The van der Waals surface area contributed by atoms with Crippen molar-refractivity contribution in [3.05, 3.63) is 0 Å². The fourth-order valence-corrected chi connectivity index (χ4v) is 5.46. The molecule has 0 bridgehead atoms. The summed E-state index contributed by atoms with van der Waals surface area (Å²) in [5.41, 5.74) is 0.968.